The zero-order valence-corrected chi connectivity index (χ0v) is 18.3. The quantitative estimate of drug-likeness (QED) is 0.633. The average Bonchev–Trinajstić information content (AvgIpc) is 2.67. The lowest BCUT2D eigenvalue weighted by Gasteiger charge is -2.11. The molecule has 30 heavy (non-hydrogen) atoms. The van der Waals surface area contributed by atoms with Gasteiger partial charge in [-0.25, -0.2) is 17.9 Å². The Hall–Kier alpha value is -2.78. The van der Waals surface area contributed by atoms with E-state index in [1.54, 1.807) is 38.1 Å². The van der Waals surface area contributed by atoms with Crippen molar-refractivity contribution in [3.05, 3.63) is 58.6 Å². The number of benzene rings is 2. The van der Waals surface area contributed by atoms with Gasteiger partial charge in [0.15, 0.2) is 0 Å². The lowest BCUT2D eigenvalue weighted by atomic mass is 10.1. The Morgan fingerprint density at radius 2 is 1.77 bits per heavy atom. The van der Waals surface area contributed by atoms with Crippen LogP contribution in [-0.4, -0.2) is 40.2 Å². The topological polar surface area (TPSA) is 111 Å². The first-order valence-corrected chi connectivity index (χ1v) is 10.9. The zero-order chi connectivity index (χ0) is 22.3. The molecule has 8 nitrogen and oxygen atoms in total. The molecule has 0 bridgehead atoms. The van der Waals surface area contributed by atoms with E-state index in [-0.39, 0.29) is 10.8 Å². The first-order valence-electron chi connectivity index (χ1n) is 9.06. The van der Waals surface area contributed by atoms with Crippen molar-refractivity contribution in [2.24, 2.45) is 0 Å². The fourth-order valence-corrected chi connectivity index (χ4v) is 3.57. The molecular formula is C20H23ClN2O6S. The largest absolute Gasteiger partial charge is 0.496 e. The van der Waals surface area contributed by atoms with Gasteiger partial charge in [-0.3, -0.25) is 4.79 Å². The van der Waals surface area contributed by atoms with Crippen molar-refractivity contribution in [2.45, 2.75) is 31.3 Å². The maximum Gasteiger partial charge on any atom is 0.421 e. The summed E-state index contributed by atoms with van der Waals surface area (Å²) >= 11 is 5.94. The number of hydrogen-bond donors (Lipinski definition) is 2. The summed E-state index contributed by atoms with van der Waals surface area (Å²) in [5.74, 6) is 0.0800. The predicted octanol–water partition coefficient (Wildman–Crippen LogP) is 3.14. The summed E-state index contributed by atoms with van der Waals surface area (Å²) in [4.78, 5) is 23.8. The van der Waals surface area contributed by atoms with Gasteiger partial charge in [-0.15, -0.1) is 0 Å². The highest BCUT2D eigenvalue weighted by Gasteiger charge is 2.19. The maximum absolute atomic E-state index is 12.4. The highest BCUT2D eigenvalue weighted by molar-refractivity contribution is 7.90. The highest BCUT2D eigenvalue weighted by Crippen LogP contribution is 2.22. The number of methoxy groups -OCH3 is 1. The third-order valence-corrected chi connectivity index (χ3v) is 5.46. The second-order valence-corrected chi connectivity index (χ2v) is 8.67. The lowest BCUT2D eigenvalue weighted by Crippen LogP contribution is -2.32. The molecule has 0 unspecified atom stereocenters. The number of halogens is 1. The number of sulfonamides is 1. The molecule has 0 saturated carbocycles. The Morgan fingerprint density at radius 3 is 2.37 bits per heavy atom. The monoisotopic (exact) mass is 454 g/mol. The lowest BCUT2D eigenvalue weighted by molar-refractivity contribution is 0.0950. The van der Waals surface area contributed by atoms with Crippen LogP contribution in [0.15, 0.2) is 47.4 Å². The van der Waals surface area contributed by atoms with Crippen molar-refractivity contribution in [1.82, 2.24) is 10.0 Å². The van der Waals surface area contributed by atoms with Crippen LogP contribution in [0.4, 0.5) is 4.79 Å². The molecule has 0 saturated heterocycles. The molecule has 2 amide bonds. The third kappa shape index (κ3) is 6.64. The second kappa shape index (κ2) is 10.3. The van der Waals surface area contributed by atoms with Crippen LogP contribution in [0.3, 0.4) is 0 Å². The van der Waals surface area contributed by atoms with Crippen LogP contribution in [0.2, 0.25) is 5.02 Å². The normalized spacial score (nSPS) is 11.1. The van der Waals surface area contributed by atoms with Gasteiger partial charge in [0.05, 0.1) is 23.7 Å². The molecule has 2 aromatic rings. The number of carbonyl (C=O) groups excluding carboxylic acids is 2. The van der Waals surface area contributed by atoms with Gasteiger partial charge in [0.2, 0.25) is 0 Å². The Labute approximate surface area is 180 Å². The standard InChI is InChI=1S/C20H23ClN2O6S/c1-13(2)29-20(25)23-30(26,27)16-7-4-14(5-8-16)10-11-22-19(24)17-12-15(21)6-9-18(17)28-3/h4-9,12-13H,10-11H2,1-3H3,(H,22,24)(H,23,25). The summed E-state index contributed by atoms with van der Waals surface area (Å²) in [7, 11) is -2.56. The van der Waals surface area contributed by atoms with Crippen LogP contribution in [0, 0.1) is 0 Å². The molecule has 2 N–H and O–H groups in total. The molecule has 0 aliphatic rings. The van der Waals surface area contributed by atoms with Gasteiger partial charge in [-0.05, 0) is 56.2 Å². The highest BCUT2D eigenvalue weighted by atomic mass is 35.5. The molecule has 0 aliphatic heterocycles. The molecule has 0 radical (unpaired) electrons. The molecule has 0 fully saturated rings. The number of rotatable bonds is 8. The van der Waals surface area contributed by atoms with Gasteiger partial charge < -0.3 is 14.8 Å². The molecule has 162 valence electrons. The Morgan fingerprint density at radius 1 is 1.10 bits per heavy atom. The van der Waals surface area contributed by atoms with E-state index >= 15 is 0 Å². The summed E-state index contributed by atoms with van der Waals surface area (Å²) in [6.45, 7) is 3.55. The van der Waals surface area contributed by atoms with Crippen LogP contribution in [-0.2, 0) is 21.2 Å². The van der Waals surface area contributed by atoms with Crippen LogP contribution < -0.4 is 14.8 Å². The number of hydrogen-bond acceptors (Lipinski definition) is 6. The molecule has 2 rings (SSSR count). The van der Waals surface area contributed by atoms with Crippen LogP contribution >= 0.6 is 11.6 Å². The molecule has 0 spiro atoms. The van der Waals surface area contributed by atoms with E-state index < -0.39 is 22.2 Å². The van der Waals surface area contributed by atoms with Crippen LogP contribution in [0.1, 0.15) is 29.8 Å². The number of amides is 2. The van der Waals surface area contributed by atoms with E-state index in [0.717, 1.165) is 5.56 Å². The average molecular weight is 455 g/mol. The third-order valence-electron chi connectivity index (χ3n) is 3.90. The maximum atomic E-state index is 12.4. The minimum atomic E-state index is -4.02. The molecule has 0 heterocycles. The van der Waals surface area contributed by atoms with Gasteiger partial charge in [-0.2, -0.15) is 0 Å². The summed E-state index contributed by atoms with van der Waals surface area (Å²) in [5.41, 5.74) is 1.13. The van der Waals surface area contributed by atoms with Crippen molar-refractivity contribution in [1.29, 1.82) is 0 Å². The van der Waals surface area contributed by atoms with E-state index in [1.165, 1.54) is 25.3 Å². The fraction of sp³-hybridized carbons (Fsp3) is 0.300. The first-order chi connectivity index (χ1) is 14.1. The molecule has 2 aromatic carbocycles. The Bertz CT molecular complexity index is 1010. The van der Waals surface area contributed by atoms with E-state index in [2.05, 4.69) is 5.32 Å². The summed E-state index contributed by atoms with van der Waals surface area (Å²) in [6.07, 6.45) is -1.00. The van der Waals surface area contributed by atoms with Crippen molar-refractivity contribution < 1.29 is 27.5 Å². The van der Waals surface area contributed by atoms with Gasteiger partial charge in [-0.1, -0.05) is 23.7 Å². The van der Waals surface area contributed by atoms with Gasteiger partial charge in [0.25, 0.3) is 15.9 Å². The van der Waals surface area contributed by atoms with Gasteiger partial charge in [0, 0.05) is 11.6 Å². The van der Waals surface area contributed by atoms with Crippen LogP contribution in [0.25, 0.3) is 0 Å². The van der Waals surface area contributed by atoms with E-state index in [9.17, 15) is 18.0 Å². The summed E-state index contributed by atoms with van der Waals surface area (Å²) in [5, 5.41) is 3.19. The Kier molecular flexibility index (Phi) is 8.08. The SMILES string of the molecule is COc1ccc(Cl)cc1C(=O)NCCc1ccc(S(=O)(=O)NC(=O)OC(C)C)cc1. The van der Waals surface area contributed by atoms with Crippen molar-refractivity contribution >= 4 is 33.6 Å². The van der Waals surface area contributed by atoms with Crippen molar-refractivity contribution in [3.63, 3.8) is 0 Å². The second-order valence-electron chi connectivity index (χ2n) is 6.55. The van der Waals surface area contributed by atoms with Crippen molar-refractivity contribution in [2.75, 3.05) is 13.7 Å². The number of ether oxygens (including phenoxy) is 2. The first kappa shape index (κ1) is 23.5. The molecule has 0 atom stereocenters. The predicted molar refractivity (Wildman–Crippen MR) is 112 cm³/mol. The zero-order valence-electron chi connectivity index (χ0n) is 16.8. The van der Waals surface area contributed by atoms with E-state index in [1.807, 2.05) is 4.72 Å². The van der Waals surface area contributed by atoms with E-state index in [4.69, 9.17) is 21.1 Å². The van der Waals surface area contributed by atoms with Gasteiger partial charge in [0.1, 0.15) is 5.75 Å². The summed E-state index contributed by atoms with van der Waals surface area (Å²) < 4.78 is 36.2. The molecular weight excluding hydrogens is 432 g/mol. The van der Waals surface area contributed by atoms with Crippen molar-refractivity contribution in [3.8, 4) is 5.75 Å². The number of nitrogens with one attached hydrogen (secondary N) is 2. The molecule has 0 aliphatic carbocycles. The summed E-state index contributed by atoms with van der Waals surface area (Å²) in [6, 6.07) is 10.7. The number of carbonyl (C=O) groups is 2. The minimum absolute atomic E-state index is 0.0698. The molecule has 0 aromatic heterocycles. The minimum Gasteiger partial charge on any atom is -0.496 e. The molecule has 10 heteroatoms. The Balaban J connectivity index is 1.94. The smallest absolute Gasteiger partial charge is 0.421 e. The van der Waals surface area contributed by atoms with Gasteiger partial charge >= 0.3 is 6.09 Å². The van der Waals surface area contributed by atoms with E-state index in [0.29, 0.717) is 29.3 Å². The fourth-order valence-electron chi connectivity index (χ4n) is 2.52. The van der Waals surface area contributed by atoms with Crippen LogP contribution in [0.5, 0.6) is 5.75 Å².